The van der Waals surface area contributed by atoms with Gasteiger partial charge in [-0.2, -0.15) is 11.8 Å². The zero-order chi connectivity index (χ0) is 16.8. The fourth-order valence-electron chi connectivity index (χ4n) is 2.33. The fourth-order valence-corrected chi connectivity index (χ4v) is 3.93. The number of amides is 2. The molecule has 6 heteroatoms. The van der Waals surface area contributed by atoms with Gasteiger partial charge >= 0.3 is 0 Å². The zero-order valence-electron chi connectivity index (χ0n) is 13.1. The second kappa shape index (κ2) is 8.26. The third kappa shape index (κ3) is 4.55. The molecule has 0 unspecified atom stereocenters. The highest BCUT2D eigenvalue weighted by molar-refractivity contribution is 8.00. The maximum atomic E-state index is 12.2. The van der Waals surface area contributed by atoms with Crippen LogP contribution in [-0.4, -0.2) is 29.9 Å². The van der Waals surface area contributed by atoms with E-state index in [1.165, 1.54) is 17.3 Å². The summed E-state index contributed by atoms with van der Waals surface area (Å²) in [5.74, 6) is 2.10. The van der Waals surface area contributed by atoms with Crippen molar-refractivity contribution in [1.82, 2.24) is 5.32 Å². The number of nitrogens with one attached hydrogen (secondary N) is 2. The van der Waals surface area contributed by atoms with Crippen LogP contribution in [0.25, 0.3) is 0 Å². The van der Waals surface area contributed by atoms with Crippen molar-refractivity contribution in [3.05, 3.63) is 59.7 Å². The van der Waals surface area contributed by atoms with Crippen LogP contribution < -0.4 is 10.6 Å². The maximum absolute atomic E-state index is 12.2. The number of hydrogen-bond acceptors (Lipinski definition) is 4. The Balaban J connectivity index is 1.45. The molecule has 1 heterocycles. The van der Waals surface area contributed by atoms with Gasteiger partial charge in [-0.3, -0.25) is 9.59 Å². The molecule has 3 rings (SSSR count). The van der Waals surface area contributed by atoms with E-state index in [9.17, 15) is 9.59 Å². The van der Waals surface area contributed by atoms with Crippen molar-refractivity contribution < 1.29 is 9.59 Å². The van der Waals surface area contributed by atoms with E-state index in [2.05, 4.69) is 22.8 Å². The first-order valence-electron chi connectivity index (χ1n) is 7.69. The zero-order valence-corrected chi connectivity index (χ0v) is 14.7. The van der Waals surface area contributed by atoms with Crippen LogP contribution in [0, 0.1) is 0 Å². The van der Waals surface area contributed by atoms with Crippen LogP contribution in [0.2, 0.25) is 0 Å². The number of anilines is 1. The van der Waals surface area contributed by atoms with E-state index >= 15 is 0 Å². The van der Waals surface area contributed by atoms with Gasteiger partial charge in [-0.05, 0) is 23.8 Å². The molecule has 0 saturated carbocycles. The molecule has 1 aliphatic rings. The van der Waals surface area contributed by atoms with Crippen LogP contribution in [-0.2, 0) is 10.5 Å². The first-order chi connectivity index (χ1) is 11.7. The summed E-state index contributed by atoms with van der Waals surface area (Å²) in [6, 6.07) is 15.7. The summed E-state index contributed by atoms with van der Waals surface area (Å²) < 4.78 is 0. The lowest BCUT2D eigenvalue weighted by atomic mass is 10.2. The van der Waals surface area contributed by atoms with E-state index in [0.29, 0.717) is 17.9 Å². The third-order valence-corrected chi connectivity index (χ3v) is 5.62. The molecule has 0 spiro atoms. The van der Waals surface area contributed by atoms with Gasteiger partial charge in [-0.15, -0.1) is 11.8 Å². The van der Waals surface area contributed by atoms with Crippen molar-refractivity contribution in [1.29, 1.82) is 0 Å². The summed E-state index contributed by atoms with van der Waals surface area (Å²) in [4.78, 5) is 24.6. The number of benzene rings is 2. The molecule has 4 nitrogen and oxygen atoms in total. The molecule has 0 aliphatic carbocycles. The Morgan fingerprint density at radius 2 is 2.04 bits per heavy atom. The predicted molar refractivity (Wildman–Crippen MR) is 101 cm³/mol. The molecular weight excluding hydrogens is 340 g/mol. The van der Waals surface area contributed by atoms with Crippen LogP contribution in [0.4, 0.5) is 5.69 Å². The van der Waals surface area contributed by atoms with Gasteiger partial charge in [0.2, 0.25) is 5.91 Å². The maximum Gasteiger partial charge on any atom is 0.251 e. The van der Waals surface area contributed by atoms with Crippen molar-refractivity contribution >= 4 is 41.0 Å². The van der Waals surface area contributed by atoms with E-state index in [0.717, 1.165) is 22.1 Å². The normalized spacial score (nSPS) is 13.1. The Kier molecular flexibility index (Phi) is 5.82. The Hall–Kier alpha value is -1.92. The minimum Gasteiger partial charge on any atom is -0.351 e. The van der Waals surface area contributed by atoms with Crippen LogP contribution in [0.5, 0.6) is 0 Å². The molecule has 0 fully saturated rings. The number of hydrogen-bond donors (Lipinski definition) is 2. The monoisotopic (exact) mass is 358 g/mol. The molecule has 2 aromatic rings. The lowest BCUT2D eigenvalue weighted by molar-refractivity contribution is -0.113. The van der Waals surface area contributed by atoms with Crippen LogP contribution in [0.1, 0.15) is 15.9 Å². The number of thioether (sulfide) groups is 2. The summed E-state index contributed by atoms with van der Waals surface area (Å²) in [6.45, 7) is 0.620. The van der Waals surface area contributed by atoms with Crippen LogP contribution in [0.3, 0.4) is 0 Å². The summed E-state index contributed by atoms with van der Waals surface area (Å²) in [6.07, 6.45) is 0. The lowest BCUT2D eigenvalue weighted by Gasteiger charge is -2.16. The molecule has 0 saturated heterocycles. The van der Waals surface area contributed by atoms with Crippen molar-refractivity contribution in [3.8, 4) is 0 Å². The summed E-state index contributed by atoms with van der Waals surface area (Å²) in [5.41, 5.74) is 2.59. The molecule has 1 aliphatic heterocycles. The molecule has 124 valence electrons. The van der Waals surface area contributed by atoms with Crippen molar-refractivity contribution in [2.24, 2.45) is 0 Å². The highest BCUT2D eigenvalue weighted by Crippen LogP contribution is 2.31. The first kappa shape index (κ1) is 16.9. The number of carbonyl (C=O) groups excluding carboxylic acids is 2. The van der Waals surface area contributed by atoms with Crippen molar-refractivity contribution in [3.63, 3.8) is 0 Å². The van der Waals surface area contributed by atoms with E-state index in [1.807, 2.05) is 24.3 Å². The number of rotatable bonds is 6. The molecule has 2 aromatic carbocycles. The topological polar surface area (TPSA) is 58.2 Å². The van der Waals surface area contributed by atoms with Gasteiger partial charge in [0.1, 0.15) is 0 Å². The predicted octanol–water partition coefficient (Wildman–Crippen LogP) is 3.39. The standard InChI is InChI=1S/C18H18N2O2S2/c21-17-12-24-16-7-6-14(10-15(16)20-17)18(22)19-8-9-23-11-13-4-2-1-3-5-13/h1-7,10H,8-9,11-12H2,(H,19,22)(H,20,21). The second-order valence-electron chi connectivity index (χ2n) is 5.34. The van der Waals surface area contributed by atoms with Crippen LogP contribution >= 0.6 is 23.5 Å². The summed E-state index contributed by atoms with van der Waals surface area (Å²) in [5, 5.41) is 5.73. The van der Waals surface area contributed by atoms with Gasteiger partial charge in [-0.1, -0.05) is 30.3 Å². The Morgan fingerprint density at radius 1 is 1.21 bits per heavy atom. The molecule has 0 bridgehead atoms. The van der Waals surface area contributed by atoms with E-state index in [-0.39, 0.29) is 11.8 Å². The largest absolute Gasteiger partial charge is 0.351 e. The SMILES string of the molecule is O=C1CSc2ccc(C(=O)NCCSCc3ccccc3)cc2N1. The van der Waals surface area contributed by atoms with Gasteiger partial charge < -0.3 is 10.6 Å². The molecule has 2 N–H and O–H groups in total. The Morgan fingerprint density at radius 3 is 2.88 bits per heavy atom. The van der Waals surface area contributed by atoms with Gasteiger partial charge in [0.25, 0.3) is 5.91 Å². The minimum absolute atomic E-state index is 0.0256. The minimum atomic E-state index is -0.108. The fraction of sp³-hybridized carbons (Fsp3) is 0.222. The van der Waals surface area contributed by atoms with Crippen LogP contribution in [0.15, 0.2) is 53.4 Å². The number of fused-ring (bicyclic) bond motifs is 1. The molecule has 2 amide bonds. The molecule has 24 heavy (non-hydrogen) atoms. The van der Waals surface area contributed by atoms with Gasteiger partial charge in [-0.25, -0.2) is 0 Å². The highest BCUT2D eigenvalue weighted by Gasteiger charge is 2.17. The van der Waals surface area contributed by atoms with Gasteiger partial charge in [0.15, 0.2) is 0 Å². The second-order valence-corrected chi connectivity index (χ2v) is 7.46. The lowest BCUT2D eigenvalue weighted by Crippen LogP contribution is -2.26. The highest BCUT2D eigenvalue weighted by atomic mass is 32.2. The third-order valence-electron chi connectivity index (χ3n) is 3.52. The Bertz CT molecular complexity index is 735. The number of carbonyl (C=O) groups is 2. The van der Waals surface area contributed by atoms with Crippen molar-refractivity contribution in [2.75, 3.05) is 23.4 Å². The molecule has 0 radical (unpaired) electrons. The van der Waals surface area contributed by atoms with Crippen molar-refractivity contribution in [2.45, 2.75) is 10.6 Å². The molecular formula is C18H18N2O2S2. The quantitative estimate of drug-likeness (QED) is 0.777. The molecule has 0 atom stereocenters. The van der Waals surface area contributed by atoms with E-state index < -0.39 is 0 Å². The van der Waals surface area contributed by atoms with E-state index in [1.54, 1.807) is 23.9 Å². The summed E-state index contributed by atoms with van der Waals surface area (Å²) in [7, 11) is 0. The van der Waals surface area contributed by atoms with E-state index in [4.69, 9.17) is 0 Å². The van der Waals surface area contributed by atoms with Gasteiger partial charge in [0.05, 0.1) is 11.4 Å². The average Bonchev–Trinajstić information content (AvgIpc) is 2.61. The molecule has 0 aromatic heterocycles. The Labute approximate surface area is 149 Å². The summed E-state index contributed by atoms with van der Waals surface area (Å²) >= 11 is 3.28. The smallest absolute Gasteiger partial charge is 0.251 e. The average molecular weight is 358 g/mol. The first-order valence-corrected chi connectivity index (χ1v) is 9.83. The van der Waals surface area contributed by atoms with Gasteiger partial charge in [0, 0.05) is 28.5 Å².